The summed E-state index contributed by atoms with van der Waals surface area (Å²) < 4.78 is 13.9. The number of nitrogens with zero attached hydrogens (tertiary/aromatic N) is 3. The molecule has 1 aromatic carbocycles. The molecule has 0 spiro atoms. The molecule has 7 heteroatoms. The van der Waals surface area contributed by atoms with E-state index in [4.69, 9.17) is 0 Å². The quantitative estimate of drug-likeness (QED) is 0.365. The van der Waals surface area contributed by atoms with Crippen molar-refractivity contribution in [3.05, 3.63) is 59.5 Å². The van der Waals surface area contributed by atoms with E-state index in [1.807, 2.05) is 4.90 Å². The molecule has 1 saturated heterocycles. The number of anilines is 1. The predicted octanol–water partition coefficient (Wildman–Crippen LogP) is 3.39. The lowest BCUT2D eigenvalue weighted by molar-refractivity contribution is 0.612. The van der Waals surface area contributed by atoms with Crippen molar-refractivity contribution in [3.8, 4) is 0 Å². The number of aromatic nitrogens is 1. The SMILES string of the molecule is CCc1ccc(CCNC(=NC)NC2CCN(c3ncccc3F)C2)cc1.I. The third kappa shape index (κ3) is 6.05. The van der Waals surface area contributed by atoms with E-state index in [0.29, 0.717) is 12.4 Å². The highest BCUT2D eigenvalue weighted by molar-refractivity contribution is 14.0. The van der Waals surface area contributed by atoms with Crippen LogP contribution in [0.2, 0.25) is 0 Å². The molecule has 0 amide bonds. The number of hydrogen-bond acceptors (Lipinski definition) is 3. The average Bonchev–Trinajstić information content (AvgIpc) is 3.16. The minimum absolute atomic E-state index is 0. The number of pyridine rings is 1. The highest BCUT2D eigenvalue weighted by atomic mass is 127. The van der Waals surface area contributed by atoms with Gasteiger partial charge in [-0.3, -0.25) is 4.99 Å². The van der Waals surface area contributed by atoms with Crippen LogP contribution >= 0.6 is 24.0 Å². The van der Waals surface area contributed by atoms with Crippen molar-refractivity contribution in [2.24, 2.45) is 4.99 Å². The summed E-state index contributed by atoms with van der Waals surface area (Å²) in [7, 11) is 1.77. The summed E-state index contributed by atoms with van der Waals surface area (Å²) in [5.41, 5.74) is 2.67. The molecule has 1 fully saturated rings. The number of benzene rings is 1. The Labute approximate surface area is 183 Å². The normalized spacial score (nSPS) is 16.6. The van der Waals surface area contributed by atoms with Crippen molar-refractivity contribution in [2.45, 2.75) is 32.2 Å². The molecule has 1 unspecified atom stereocenters. The Morgan fingerprint density at radius 1 is 1.25 bits per heavy atom. The van der Waals surface area contributed by atoms with E-state index in [-0.39, 0.29) is 35.8 Å². The first-order valence-electron chi connectivity index (χ1n) is 9.60. The Hall–Kier alpha value is -1.90. The third-order valence-corrected chi connectivity index (χ3v) is 4.93. The van der Waals surface area contributed by atoms with Gasteiger partial charge in [0.2, 0.25) is 0 Å². The predicted molar refractivity (Wildman–Crippen MR) is 124 cm³/mol. The fraction of sp³-hybridized carbons (Fsp3) is 0.429. The molecule has 2 aromatic rings. The van der Waals surface area contributed by atoms with E-state index >= 15 is 0 Å². The van der Waals surface area contributed by atoms with Crippen molar-refractivity contribution >= 4 is 35.8 Å². The van der Waals surface area contributed by atoms with Crippen molar-refractivity contribution in [1.29, 1.82) is 0 Å². The zero-order chi connectivity index (χ0) is 19.1. The van der Waals surface area contributed by atoms with E-state index in [1.54, 1.807) is 19.3 Å². The maximum absolute atomic E-state index is 13.9. The Kier molecular flexibility index (Phi) is 8.95. The summed E-state index contributed by atoms with van der Waals surface area (Å²) >= 11 is 0. The van der Waals surface area contributed by atoms with Crippen LogP contribution in [-0.4, -0.2) is 43.7 Å². The molecule has 1 atom stereocenters. The van der Waals surface area contributed by atoms with Crippen molar-refractivity contribution in [3.63, 3.8) is 0 Å². The number of hydrogen-bond donors (Lipinski definition) is 2. The first kappa shape index (κ1) is 22.4. The van der Waals surface area contributed by atoms with Crippen LogP contribution in [0.15, 0.2) is 47.6 Å². The zero-order valence-electron chi connectivity index (χ0n) is 16.5. The summed E-state index contributed by atoms with van der Waals surface area (Å²) in [4.78, 5) is 10.5. The van der Waals surface area contributed by atoms with Crippen LogP contribution in [-0.2, 0) is 12.8 Å². The van der Waals surface area contributed by atoms with Crippen LogP contribution in [0, 0.1) is 5.82 Å². The largest absolute Gasteiger partial charge is 0.356 e. The van der Waals surface area contributed by atoms with Gasteiger partial charge in [0.15, 0.2) is 17.6 Å². The van der Waals surface area contributed by atoms with E-state index in [1.165, 1.54) is 17.2 Å². The van der Waals surface area contributed by atoms with Gasteiger partial charge in [0.05, 0.1) is 0 Å². The molecule has 0 radical (unpaired) electrons. The highest BCUT2D eigenvalue weighted by Crippen LogP contribution is 2.20. The molecule has 28 heavy (non-hydrogen) atoms. The van der Waals surface area contributed by atoms with E-state index in [2.05, 4.69) is 51.8 Å². The number of aryl methyl sites for hydroxylation is 1. The standard InChI is InChI=1S/C21H28FN5.HI/c1-3-16-6-8-17(9-7-16)10-13-25-21(23-2)26-18-11-14-27(15-18)20-19(22)5-4-12-24-20;/h4-9,12,18H,3,10-11,13-15H2,1-2H3,(H2,23,25,26);1H. The first-order valence-corrected chi connectivity index (χ1v) is 9.60. The van der Waals surface area contributed by atoms with E-state index < -0.39 is 0 Å². The molecule has 0 bridgehead atoms. The lowest BCUT2D eigenvalue weighted by atomic mass is 10.1. The second-order valence-corrected chi connectivity index (χ2v) is 6.80. The van der Waals surface area contributed by atoms with Gasteiger partial charge in [-0.15, -0.1) is 24.0 Å². The topological polar surface area (TPSA) is 52.6 Å². The molecule has 2 N–H and O–H groups in total. The van der Waals surface area contributed by atoms with Gasteiger partial charge in [-0.2, -0.15) is 0 Å². The maximum atomic E-state index is 13.9. The van der Waals surface area contributed by atoms with Crippen LogP contribution in [0.5, 0.6) is 0 Å². The molecule has 1 aliphatic rings. The van der Waals surface area contributed by atoms with Gasteiger partial charge in [0.25, 0.3) is 0 Å². The van der Waals surface area contributed by atoms with Crippen molar-refractivity contribution in [1.82, 2.24) is 15.6 Å². The summed E-state index contributed by atoms with van der Waals surface area (Å²) in [6, 6.07) is 12.0. The van der Waals surface area contributed by atoms with Crippen molar-refractivity contribution in [2.75, 3.05) is 31.6 Å². The van der Waals surface area contributed by atoms with Crippen LogP contribution in [0.25, 0.3) is 0 Å². The lowest BCUT2D eigenvalue weighted by Gasteiger charge is -2.20. The van der Waals surface area contributed by atoms with Crippen LogP contribution in [0.1, 0.15) is 24.5 Å². The average molecular weight is 497 g/mol. The lowest BCUT2D eigenvalue weighted by Crippen LogP contribution is -2.45. The van der Waals surface area contributed by atoms with Gasteiger partial charge in [-0.1, -0.05) is 31.2 Å². The monoisotopic (exact) mass is 497 g/mol. The Bertz CT molecular complexity index is 766. The Morgan fingerprint density at radius 3 is 2.68 bits per heavy atom. The summed E-state index contributed by atoms with van der Waals surface area (Å²) in [6.45, 7) is 4.48. The minimum Gasteiger partial charge on any atom is -0.356 e. The summed E-state index contributed by atoms with van der Waals surface area (Å²) in [5.74, 6) is 0.948. The Balaban J connectivity index is 0.00000280. The molecule has 3 rings (SSSR count). The van der Waals surface area contributed by atoms with Gasteiger partial charge in [0.1, 0.15) is 0 Å². The molecular weight excluding hydrogens is 468 g/mol. The maximum Gasteiger partial charge on any atom is 0.191 e. The molecule has 0 saturated carbocycles. The number of rotatable bonds is 6. The van der Waals surface area contributed by atoms with Gasteiger partial charge in [-0.05, 0) is 42.5 Å². The third-order valence-electron chi connectivity index (χ3n) is 4.93. The zero-order valence-corrected chi connectivity index (χ0v) is 18.8. The van der Waals surface area contributed by atoms with Crippen LogP contribution < -0.4 is 15.5 Å². The Morgan fingerprint density at radius 2 is 2.00 bits per heavy atom. The fourth-order valence-electron chi connectivity index (χ4n) is 3.34. The molecule has 0 aliphatic carbocycles. The first-order chi connectivity index (χ1) is 13.2. The fourth-order valence-corrected chi connectivity index (χ4v) is 3.34. The highest BCUT2D eigenvalue weighted by Gasteiger charge is 2.25. The molecular formula is C21H29FIN5. The molecule has 2 heterocycles. The van der Waals surface area contributed by atoms with Gasteiger partial charge in [0, 0.05) is 38.9 Å². The van der Waals surface area contributed by atoms with Crippen LogP contribution in [0.4, 0.5) is 10.2 Å². The molecule has 1 aromatic heterocycles. The van der Waals surface area contributed by atoms with Crippen LogP contribution in [0.3, 0.4) is 0 Å². The van der Waals surface area contributed by atoms with Gasteiger partial charge in [-0.25, -0.2) is 9.37 Å². The summed E-state index contributed by atoms with van der Waals surface area (Å²) in [6.07, 6.45) is 4.57. The van der Waals surface area contributed by atoms with E-state index in [9.17, 15) is 4.39 Å². The molecule has 152 valence electrons. The number of aliphatic imine (C=N–C) groups is 1. The van der Waals surface area contributed by atoms with E-state index in [0.717, 1.165) is 38.3 Å². The second-order valence-electron chi connectivity index (χ2n) is 6.80. The molecule has 1 aliphatic heterocycles. The molecule has 5 nitrogen and oxygen atoms in total. The second kappa shape index (κ2) is 11.2. The number of nitrogens with one attached hydrogen (secondary N) is 2. The van der Waals surface area contributed by atoms with Gasteiger partial charge < -0.3 is 15.5 Å². The minimum atomic E-state index is -0.269. The van der Waals surface area contributed by atoms with Crippen molar-refractivity contribution < 1.29 is 4.39 Å². The van der Waals surface area contributed by atoms with Gasteiger partial charge >= 0.3 is 0 Å². The smallest absolute Gasteiger partial charge is 0.191 e. The number of guanidine groups is 1. The number of halogens is 2. The summed E-state index contributed by atoms with van der Waals surface area (Å²) in [5, 5.41) is 6.81.